The Balaban J connectivity index is 0.00000392. The maximum Gasteiger partial charge on any atom is 0.191 e. The lowest BCUT2D eigenvalue weighted by Crippen LogP contribution is -2.43. The first-order chi connectivity index (χ1) is 13.0. The Morgan fingerprint density at radius 1 is 1.25 bits per heavy atom. The third-order valence-corrected chi connectivity index (χ3v) is 5.58. The fraction of sp³-hybridized carbons (Fsp3) is 0.524. The molecule has 0 aliphatic rings. The van der Waals surface area contributed by atoms with Crippen molar-refractivity contribution in [3.05, 3.63) is 47.3 Å². The van der Waals surface area contributed by atoms with Crippen LogP contribution in [0.15, 0.2) is 40.2 Å². The van der Waals surface area contributed by atoms with Gasteiger partial charge in [-0.15, -0.1) is 35.7 Å². The van der Waals surface area contributed by atoms with Gasteiger partial charge in [0.1, 0.15) is 0 Å². The second kappa shape index (κ2) is 13.1. The summed E-state index contributed by atoms with van der Waals surface area (Å²) in [4.78, 5) is 6.06. The van der Waals surface area contributed by atoms with E-state index >= 15 is 0 Å². The molecule has 0 aliphatic carbocycles. The van der Waals surface area contributed by atoms with Crippen LogP contribution in [-0.4, -0.2) is 40.6 Å². The van der Waals surface area contributed by atoms with Crippen LogP contribution in [0.1, 0.15) is 37.2 Å². The number of aliphatic imine (C=N–C) groups is 1. The number of guanidine groups is 1. The molecule has 0 amide bonds. The third-order valence-electron chi connectivity index (χ3n) is 4.48. The monoisotopic (exact) mass is 515 g/mol. The van der Waals surface area contributed by atoms with Gasteiger partial charge in [0.15, 0.2) is 5.96 Å². The van der Waals surface area contributed by atoms with Gasteiger partial charge < -0.3 is 10.6 Å². The molecule has 0 radical (unpaired) electrons. The van der Waals surface area contributed by atoms with Crippen LogP contribution in [0.4, 0.5) is 0 Å². The Kier molecular flexibility index (Phi) is 11.6. The highest BCUT2D eigenvalue weighted by Gasteiger charge is 2.13. The molecule has 0 aliphatic heterocycles. The zero-order valence-electron chi connectivity index (χ0n) is 17.7. The predicted molar refractivity (Wildman–Crippen MR) is 132 cm³/mol. The molecule has 0 saturated carbocycles. The van der Waals surface area contributed by atoms with Crippen LogP contribution in [-0.2, 0) is 13.5 Å². The van der Waals surface area contributed by atoms with E-state index in [-0.39, 0.29) is 24.0 Å². The SMILES string of the molecule is CCNC(=NCCCSc1ccccc1)NC(C)Cc1c(C)nn(C)c1C.I. The zero-order valence-corrected chi connectivity index (χ0v) is 20.8. The van der Waals surface area contributed by atoms with Crippen LogP contribution in [0.3, 0.4) is 0 Å². The van der Waals surface area contributed by atoms with Gasteiger partial charge in [-0.2, -0.15) is 5.10 Å². The lowest BCUT2D eigenvalue weighted by atomic mass is 10.1. The van der Waals surface area contributed by atoms with E-state index in [1.54, 1.807) is 0 Å². The lowest BCUT2D eigenvalue weighted by Gasteiger charge is -2.18. The summed E-state index contributed by atoms with van der Waals surface area (Å²) in [5.41, 5.74) is 3.68. The van der Waals surface area contributed by atoms with Crippen molar-refractivity contribution < 1.29 is 0 Å². The topological polar surface area (TPSA) is 54.2 Å². The molecule has 0 bridgehead atoms. The highest BCUT2D eigenvalue weighted by Crippen LogP contribution is 2.17. The number of thioether (sulfide) groups is 1. The van der Waals surface area contributed by atoms with Crippen molar-refractivity contribution in [1.82, 2.24) is 20.4 Å². The van der Waals surface area contributed by atoms with Gasteiger partial charge >= 0.3 is 0 Å². The van der Waals surface area contributed by atoms with Gasteiger partial charge in [-0.1, -0.05) is 18.2 Å². The van der Waals surface area contributed by atoms with Gasteiger partial charge in [0.25, 0.3) is 0 Å². The molecule has 2 N–H and O–H groups in total. The molecule has 156 valence electrons. The Morgan fingerprint density at radius 3 is 2.57 bits per heavy atom. The van der Waals surface area contributed by atoms with Gasteiger partial charge in [0.2, 0.25) is 0 Å². The van der Waals surface area contributed by atoms with E-state index in [0.717, 1.165) is 43.3 Å². The number of nitrogens with zero attached hydrogens (tertiary/aromatic N) is 3. The summed E-state index contributed by atoms with van der Waals surface area (Å²) in [7, 11) is 2.00. The number of nitrogens with one attached hydrogen (secondary N) is 2. The maximum absolute atomic E-state index is 4.74. The highest BCUT2D eigenvalue weighted by molar-refractivity contribution is 14.0. The number of hydrogen-bond acceptors (Lipinski definition) is 3. The molecule has 2 aromatic rings. The van der Waals surface area contributed by atoms with Crippen LogP contribution >= 0.6 is 35.7 Å². The van der Waals surface area contributed by atoms with E-state index in [2.05, 4.69) is 73.8 Å². The summed E-state index contributed by atoms with van der Waals surface area (Å²) in [6, 6.07) is 10.8. The van der Waals surface area contributed by atoms with Crippen molar-refractivity contribution in [3.8, 4) is 0 Å². The Labute approximate surface area is 191 Å². The van der Waals surface area contributed by atoms with Gasteiger partial charge in [-0.3, -0.25) is 9.67 Å². The normalized spacial score (nSPS) is 12.4. The van der Waals surface area contributed by atoms with Crippen LogP contribution in [0.25, 0.3) is 0 Å². The van der Waals surface area contributed by atoms with Crippen LogP contribution in [0.2, 0.25) is 0 Å². The first-order valence-electron chi connectivity index (χ1n) is 9.73. The lowest BCUT2D eigenvalue weighted by molar-refractivity contribution is 0.635. The molecule has 1 aromatic heterocycles. The number of aromatic nitrogens is 2. The third kappa shape index (κ3) is 8.03. The molecule has 0 saturated heterocycles. The summed E-state index contributed by atoms with van der Waals surface area (Å²) < 4.78 is 1.96. The molecule has 0 fully saturated rings. The summed E-state index contributed by atoms with van der Waals surface area (Å²) in [6.45, 7) is 10.2. The molecule has 1 atom stereocenters. The average molecular weight is 516 g/mol. The first kappa shape index (κ1) is 24.8. The molecule has 5 nitrogen and oxygen atoms in total. The maximum atomic E-state index is 4.74. The van der Waals surface area contributed by atoms with E-state index in [4.69, 9.17) is 4.99 Å². The summed E-state index contributed by atoms with van der Waals surface area (Å²) in [6.07, 6.45) is 2.01. The molecule has 1 aromatic carbocycles. The van der Waals surface area contributed by atoms with Crippen molar-refractivity contribution in [3.63, 3.8) is 0 Å². The Morgan fingerprint density at radius 2 is 1.96 bits per heavy atom. The highest BCUT2D eigenvalue weighted by atomic mass is 127. The minimum Gasteiger partial charge on any atom is -0.357 e. The molecule has 2 rings (SSSR count). The van der Waals surface area contributed by atoms with E-state index in [9.17, 15) is 0 Å². The Bertz CT molecular complexity index is 730. The summed E-state index contributed by atoms with van der Waals surface area (Å²) >= 11 is 1.89. The molecule has 28 heavy (non-hydrogen) atoms. The van der Waals surface area contributed by atoms with Crippen molar-refractivity contribution in [2.24, 2.45) is 12.0 Å². The first-order valence-corrected chi connectivity index (χ1v) is 10.7. The number of halogens is 1. The minimum atomic E-state index is 0. The molecular formula is C21H34IN5S. The summed E-state index contributed by atoms with van der Waals surface area (Å²) in [5.74, 6) is 1.98. The van der Waals surface area contributed by atoms with Crippen molar-refractivity contribution in [2.45, 2.75) is 51.5 Å². The van der Waals surface area contributed by atoms with Gasteiger partial charge in [0, 0.05) is 36.8 Å². The smallest absolute Gasteiger partial charge is 0.191 e. The molecule has 0 spiro atoms. The van der Waals surface area contributed by atoms with Gasteiger partial charge in [0.05, 0.1) is 5.69 Å². The predicted octanol–water partition coefficient (Wildman–Crippen LogP) is 4.32. The van der Waals surface area contributed by atoms with E-state index < -0.39 is 0 Å². The standard InChI is InChI=1S/C21H33N5S.HI/c1-6-22-21(23-13-10-14-27-19-11-8-7-9-12-19)24-16(2)15-20-17(3)25-26(5)18(20)4;/h7-9,11-12,16H,6,10,13-15H2,1-5H3,(H2,22,23,24);1H. The second-order valence-electron chi connectivity index (χ2n) is 6.80. The van der Waals surface area contributed by atoms with Crippen molar-refractivity contribution in [2.75, 3.05) is 18.8 Å². The van der Waals surface area contributed by atoms with Crippen LogP contribution in [0.5, 0.6) is 0 Å². The fourth-order valence-electron chi connectivity index (χ4n) is 2.99. The largest absolute Gasteiger partial charge is 0.357 e. The number of hydrogen-bond donors (Lipinski definition) is 2. The second-order valence-corrected chi connectivity index (χ2v) is 7.97. The zero-order chi connectivity index (χ0) is 19.6. The summed E-state index contributed by atoms with van der Waals surface area (Å²) in [5, 5.41) is 11.4. The Hall–Kier alpha value is -1.22. The van der Waals surface area contributed by atoms with Crippen molar-refractivity contribution >= 4 is 41.7 Å². The van der Waals surface area contributed by atoms with E-state index in [1.165, 1.54) is 16.2 Å². The fourth-order valence-corrected chi connectivity index (χ4v) is 3.84. The average Bonchev–Trinajstić information content (AvgIpc) is 2.88. The number of rotatable bonds is 9. The van der Waals surface area contributed by atoms with Crippen molar-refractivity contribution in [1.29, 1.82) is 0 Å². The minimum absolute atomic E-state index is 0. The van der Waals surface area contributed by atoms with Gasteiger partial charge in [-0.05, 0) is 64.0 Å². The number of aryl methyl sites for hydroxylation is 2. The van der Waals surface area contributed by atoms with Crippen LogP contribution < -0.4 is 10.6 Å². The van der Waals surface area contributed by atoms with E-state index in [1.807, 2.05) is 23.5 Å². The van der Waals surface area contributed by atoms with Gasteiger partial charge in [-0.25, -0.2) is 0 Å². The number of benzene rings is 1. The molecule has 1 unspecified atom stereocenters. The van der Waals surface area contributed by atoms with Crippen LogP contribution in [0, 0.1) is 13.8 Å². The molecule has 1 heterocycles. The molecule has 7 heteroatoms. The quantitative estimate of drug-likeness (QED) is 0.172. The van der Waals surface area contributed by atoms with E-state index in [0.29, 0.717) is 6.04 Å². The molecular weight excluding hydrogens is 481 g/mol.